The summed E-state index contributed by atoms with van der Waals surface area (Å²) in [6.07, 6.45) is -0.442. The number of hydrogen-bond acceptors (Lipinski definition) is 3. The van der Waals surface area contributed by atoms with E-state index >= 15 is 0 Å². The van der Waals surface area contributed by atoms with Crippen molar-refractivity contribution in [2.45, 2.75) is 60.1 Å². The van der Waals surface area contributed by atoms with Crippen molar-refractivity contribution in [2.24, 2.45) is 16.6 Å². The molecule has 0 spiro atoms. The second-order valence-electron chi connectivity index (χ2n) is 7.72. The van der Waals surface area contributed by atoms with Crippen molar-refractivity contribution >= 4 is 41.7 Å². The predicted molar refractivity (Wildman–Crippen MR) is 119 cm³/mol. The fraction of sp³-hybridized carbons (Fsp3) is 0.579. The number of nitrogens with zero attached hydrogens (tertiary/aromatic N) is 1. The second-order valence-corrected chi connectivity index (χ2v) is 7.72. The van der Waals surface area contributed by atoms with Crippen LogP contribution in [0.3, 0.4) is 0 Å². The van der Waals surface area contributed by atoms with Crippen LogP contribution in [0.2, 0.25) is 0 Å². The molecule has 0 saturated heterocycles. The van der Waals surface area contributed by atoms with Gasteiger partial charge in [0.15, 0.2) is 5.96 Å². The van der Waals surface area contributed by atoms with Crippen LogP contribution in [-0.4, -0.2) is 30.2 Å². The Balaban J connectivity index is 0.00000625. The third-order valence-electron chi connectivity index (χ3n) is 3.46. The maximum absolute atomic E-state index is 12.0. The van der Waals surface area contributed by atoms with Gasteiger partial charge >= 0.3 is 6.09 Å². The highest BCUT2D eigenvalue weighted by molar-refractivity contribution is 14.0. The smallest absolute Gasteiger partial charge is 0.407 e. The van der Waals surface area contributed by atoms with Crippen LogP contribution in [-0.2, 0) is 4.74 Å². The fourth-order valence-electron chi connectivity index (χ4n) is 2.31. The Kier molecular flexibility index (Phi) is 9.98. The van der Waals surface area contributed by atoms with Crippen molar-refractivity contribution in [3.8, 4) is 0 Å². The SMILES string of the molecule is Cc1cc(C)cc(NC(N)=NCC(NC(=O)OC(C)(C)C)C(C)C)c1.I. The van der Waals surface area contributed by atoms with Crippen molar-refractivity contribution < 1.29 is 9.53 Å². The first-order valence-electron chi connectivity index (χ1n) is 8.61. The summed E-state index contributed by atoms with van der Waals surface area (Å²) in [7, 11) is 0. The number of nitrogens with two attached hydrogens (primary N) is 1. The molecule has 0 saturated carbocycles. The minimum atomic E-state index is -0.529. The zero-order valence-electron chi connectivity index (χ0n) is 16.8. The van der Waals surface area contributed by atoms with Gasteiger partial charge in [0.2, 0.25) is 0 Å². The van der Waals surface area contributed by atoms with Gasteiger partial charge in [0.1, 0.15) is 5.60 Å². The van der Waals surface area contributed by atoms with E-state index in [2.05, 4.69) is 21.7 Å². The maximum atomic E-state index is 12.0. The molecule has 0 fully saturated rings. The van der Waals surface area contributed by atoms with Gasteiger partial charge in [0.05, 0.1) is 12.6 Å². The molecule has 1 amide bonds. The van der Waals surface area contributed by atoms with Crippen LogP contribution in [0.5, 0.6) is 0 Å². The Morgan fingerprint density at radius 3 is 2.19 bits per heavy atom. The largest absolute Gasteiger partial charge is 0.444 e. The molecule has 0 radical (unpaired) electrons. The van der Waals surface area contributed by atoms with E-state index in [4.69, 9.17) is 10.5 Å². The normalized spacial score (nSPS) is 13.0. The summed E-state index contributed by atoms with van der Waals surface area (Å²) in [5.41, 5.74) is 8.66. The molecule has 0 heterocycles. The highest BCUT2D eigenvalue weighted by Crippen LogP contribution is 2.13. The zero-order chi connectivity index (χ0) is 19.2. The lowest BCUT2D eigenvalue weighted by Gasteiger charge is -2.25. The standard InChI is InChI=1S/C19H32N4O2.HI/c1-12(2)16(23-18(24)25-19(5,6)7)11-21-17(20)22-15-9-13(3)8-14(4)10-15;/h8-10,12,16H,11H2,1-7H3,(H,23,24)(H3,20,21,22);1H. The van der Waals surface area contributed by atoms with E-state index in [-0.39, 0.29) is 35.9 Å². The molecule has 1 aromatic carbocycles. The molecule has 1 aromatic rings. The van der Waals surface area contributed by atoms with Crippen LogP contribution in [0.15, 0.2) is 23.2 Å². The van der Waals surface area contributed by atoms with E-state index in [1.54, 1.807) is 0 Å². The number of aryl methyl sites for hydroxylation is 2. The van der Waals surface area contributed by atoms with E-state index in [1.165, 1.54) is 0 Å². The molecule has 7 heteroatoms. The number of anilines is 1. The fourth-order valence-corrected chi connectivity index (χ4v) is 2.31. The average molecular weight is 476 g/mol. The van der Waals surface area contributed by atoms with E-state index in [0.717, 1.165) is 16.8 Å². The number of aliphatic imine (C=N–C) groups is 1. The van der Waals surface area contributed by atoms with Crippen molar-refractivity contribution in [1.29, 1.82) is 0 Å². The first-order chi connectivity index (χ1) is 11.5. The van der Waals surface area contributed by atoms with Gasteiger partial charge in [0.25, 0.3) is 0 Å². The summed E-state index contributed by atoms with van der Waals surface area (Å²) < 4.78 is 5.30. The average Bonchev–Trinajstić information content (AvgIpc) is 2.39. The molecule has 148 valence electrons. The van der Waals surface area contributed by atoms with Gasteiger partial charge in [-0.25, -0.2) is 4.79 Å². The number of halogens is 1. The predicted octanol–water partition coefficient (Wildman–Crippen LogP) is 4.20. The minimum Gasteiger partial charge on any atom is -0.444 e. The van der Waals surface area contributed by atoms with Crippen LogP contribution in [0.4, 0.5) is 10.5 Å². The van der Waals surface area contributed by atoms with Gasteiger partial charge in [-0.05, 0) is 63.8 Å². The number of hydrogen-bond donors (Lipinski definition) is 3. The highest BCUT2D eigenvalue weighted by Gasteiger charge is 2.21. The van der Waals surface area contributed by atoms with Gasteiger partial charge in [-0.3, -0.25) is 4.99 Å². The molecule has 1 atom stereocenters. The molecule has 0 aromatic heterocycles. The Bertz CT molecular complexity index is 604. The Hall–Kier alpha value is -1.51. The number of carbonyl (C=O) groups excluding carboxylic acids is 1. The number of guanidine groups is 1. The summed E-state index contributed by atoms with van der Waals surface area (Å²) in [5, 5.41) is 5.95. The van der Waals surface area contributed by atoms with Crippen molar-refractivity contribution in [1.82, 2.24) is 5.32 Å². The molecule has 4 N–H and O–H groups in total. The molecule has 0 aliphatic heterocycles. The lowest BCUT2D eigenvalue weighted by atomic mass is 10.1. The number of benzene rings is 1. The summed E-state index contributed by atoms with van der Waals surface area (Å²) in [4.78, 5) is 16.3. The van der Waals surface area contributed by atoms with E-state index in [0.29, 0.717) is 12.5 Å². The number of nitrogens with one attached hydrogen (secondary N) is 2. The maximum Gasteiger partial charge on any atom is 0.407 e. The van der Waals surface area contributed by atoms with Gasteiger partial charge in [-0.2, -0.15) is 0 Å². The molecule has 0 aliphatic rings. The number of amides is 1. The lowest BCUT2D eigenvalue weighted by molar-refractivity contribution is 0.0493. The molecular formula is C19H33IN4O2. The molecule has 6 nitrogen and oxygen atoms in total. The number of alkyl carbamates (subject to hydrolysis) is 1. The van der Waals surface area contributed by atoms with Crippen LogP contribution in [0.25, 0.3) is 0 Å². The molecule has 0 bridgehead atoms. The monoisotopic (exact) mass is 476 g/mol. The van der Waals surface area contributed by atoms with Crippen molar-refractivity contribution in [3.63, 3.8) is 0 Å². The quantitative estimate of drug-likeness (QED) is 0.338. The Labute approximate surface area is 174 Å². The minimum absolute atomic E-state index is 0. The lowest BCUT2D eigenvalue weighted by Crippen LogP contribution is -2.44. The number of rotatable bonds is 5. The Morgan fingerprint density at radius 1 is 1.19 bits per heavy atom. The molecule has 26 heavy (non-hydrogen) atoms. The van der Waals surface area contributed by atoms with Gasteiger partial charge in [0, 0.05) is 5.69 Å². The summed E-state index contributed by atoms with van der Waals surface area (Å²) in [6.45, 7) is 14.0. The van der Waals surface area contributed by atoms with Crippen LogP contribution in [0, 0.1) is 19.8 Å². The van der Waals surface area contributed by atoms with Gasteiger partial charge in [-0.1, -0.05) is 19.9 Å². The third-order valence-corrected chi connectivity index (χ3v) is 3.46. The van der Waals surface area contributed by atoms with E-state index in [9.17, 15) is 4.79 Å². The molecule has 1 unspecified atom stereocenters. The summed E-state index contributed by atoms with van der Waals surface area (Å²) in [6, 6.07) is 5.95. The number of carbonyl (C=O) groups is 1. The Morgan fingerprint density at radius 2 is 1.73 bits per heavy atom. The van der Waals surface area contributed by atoms with Crippen LogP contribution < -0.4 is 16.4 Å². The first-order valence-corrected chi connectivity index (χ1v) is 8.61. The number of ether oxygens (including phenoxy) is 1. The molecular weight excluding hydrogens is 443 g/mol. The van der Waals surface area contributed by atoms with Crippen molar-refractivity contribution in [3.05, 3.63) is 29.3 Å². The van der Waals surface area contributed by atoms with Gasteiger partial charge in [-0.15, -0.1) is 24.0 Å². The molecule has 0 aliphatic carbocycles. The van der Waals surface area contributed by atoms with Gasteiger partial charge < -0.3 is 21.1 Å². The second kappa shape index (κ2) is 10.6. The van der Waals surface area contributed by atoms with Crippen molar-refractivity contribution in [2.75, 3.05) is 11.9 Å². The zero-order valence-corrected chi connectivity index (χ0v) is 19.2. The van der Waals surface area contributed by atoms with Crippen LogP contribution in [0.1, 0.15) is 45.7 Å². The summed E-state index contributed by atoms with van der Waals surface area (Å²) >= 11 is 0. The van der Waals surface area contributed by atoms with E-state index in [1.807, 2.05) is 60.6 Å². The first kappa shape index (κ1) is 24.5. The third kappa shape index (κ3) is 9.84. The molecule has 1 rings (SSSR count). The topological polar surface area (TPSA) is 88.7 Å². The van der Waals surface area contributed by atoms with E-state index < -0.39 is 11.7 Å². The highest BCUT2D eigenvalue weighted by atomic mass is 127. The summed E-state index contributed by atoms with van der Waals surface area (Å²) in [5.74, 6) is 0.520. The van der Waals surface area contributed by atoms with Crippen LogP contribution >= 0.6 is 24.0 Å².